The van der Waals surface area contributed by atoms with Crippen molar-refractivity contribution < 1.29 is 9.53 Å². The highest BCUT2D eigenvalue weighted by atomic mass is 32.1. The fourth-order valence-electron chi connectivity index (χ4n) is 2.62. The summed E-state index contributed by atoms with van der Waals surface area (Å²) in [6, 6.07) is 9.69. The number of pyridine rings is 1. The summed E-state index contributed by atoms with van der Waals surface area (Å²) in [5, 5.41) is 4.99. The molecular formula is C17H21N3O2S. The van der Waals surface area contributed by atoms with Crippen LogP contribution in [0.25, 0.3) is 0 Å². The van der Waals surface area contributed by atoms with Gasteiger partial charge in [-0.2, -0.15) is 0 Å². The lowest BCUT2D eigenvalue weighted by molar-refractivity contribution is 0.0796. The molecule has 0 saturated carbocycles. The maximum absolute atomic E-state index is 12.6. The lowest BCUT2D eigenvalue weighted by Gasteiger charge is -2.25. The maximum atomic E-state index is 12.6. The summed E-state index contributed by atoms with van der Waals surface area (Å²) in [5.41, 5.74) is 0.856. The molecule has 1 N–H and O–H groups in total. The van der Waals surface area contributed by atoms with E-state index in [1.165, 1.54) is 4.88 Å². The predicted octanol–water partition coefficient (Wildman–Crippen LogP) is 3.03. The van der Waals surface area contributed by atoms with Gasteiger partial charge in [0.25, 0.3) is 0 Å². The average Bonchev–Trinajstić information content (AvgIpc) is 3.27. The third-order valence-electron chi connectivity index (χ3n) is 3.81. The van der Waals surface area contributed by atoms with Crippen LogP contribution in [0.5, 0.6) is 0 Å². The summed E-state index contributed by atoms with van der Waals surface area (Å²) < 4.78 is 5.68. The van der Waals surface area contributed by atoms with Crippen molar-refractivity contribution in [2.75, 3.05) is 13.2 Å². The van der Waals surface area contributed by atoms with Crippen molar-refractivity contribution in [2.45, 2.75) is 32.0 Å². The van der Waals surface area contributed by atoms with Crippen molar-refractivity contribution in [1.29, 1.82) is 0 Å². The van der Waals surface area contributed by atoms with Crippen molar-refractivity contribution in [1.82, 2.24) is 15.2 Å². The van der Waals surface area contributed by atoms with Crippen LogP contribution in [0, 0.1) is 0 Å². The number of ether oxygens (including phenoxy) is 1. The quantitative estimate of drug-likeness (QED) is 0.885. The van der Waals surface area contributed by atoms with Gasteiger partial charge in [-0.25, -0.2) is 4.79 Å². The van der Waals surface area contributed by atoms with E-state index in [0.29, 0.717) is 19.6 Å². The van der Waals surface area contributed by atoms with E-state index in [9.17, 15) is 4.79 Å². The Morgan fingerprint density at radius 1 is 1.39 bits per heavy atom. The zero-order valence-corrected chi connectivity index (χ0v) is 13.8. The Hall–Kier alpha value is -1.92. The summed E-state index contributed by atoms with van der Waals surface area (Å²) in [7, 11) is 0. The highest BCUT2D eigenvalue weighted by Crippen LogP contribution is 2.17. The van der Waals surface area contributed by atoms with Gasteiger partial charge >= 0.3 is 6.03 Å². The number of rotatable bonds is 6. The zero-order valence-electron chi connectivity index (χ0n) is 13.0. The van der Waals surface area contributed by atoms with Crippen LogP contribution in [0.15, 0.2) is 41.9 Å². The molecule has 1 saturated heterocycles. The lowest BCUT2D eigenvalue weighted by atomic mass is 10.2. The fourth-order valence-corrected chi connectivity index (χ4v) is 3.34. The second kappa shape index (κ2) is 8.08. The van der Waals surface area contributed by atoms with Gasteiger partial charge < -0.3 is 15.0 Å². The third kappa shape index (κ3) is 4.77. The lowest BCUT2D eigenvalue weighted by Crippen LogP contribution is -2.43. The van der Waals surface area contributed by atoms with Gasteiger partial charge in [0, 0.05) is 24.2 Å². The highest BCUT2D eigenvalue weighted by molar-refractivity contribution is 7.09. The number of thiophene rings is 1. The Balaban J connectivity index is 1.59. The van der Waals surface area contributed by atoms with Gasteiger partial charge in [-0.3, -0.25) is 4.98 Å². The normalized spacial score (nSPS) is 17.1. The molecule has 1 atom stereocenters. The molecule has 0 aromatic carbocycles. The Kier molecular flexibility index (Phi) is 5.60. The van der Waals surface area contributed by atoms with Crippen LogP contribution in [-0.4, -0.2) is 35.2 Å². The second-order valence-corrected chi connectivity index (χ2v) is 6.61. The van der Waals surface area contributed by atoms with Gasteiger partial charge in [0.05, 0.1) is 24.9 Å². The minimum absolute atomic E-state index is 0.0699. The maximum Gasteiger partial charge on any atom is 0.318 e. The topological polar surface area (TPSA) is 54.5 Å². The van der Waals surface area contributed by atoms with Gasteiger partial charge in [0.1, 0.15) is 0 Å². The molecule has 0 radical (unpaired) electrons. The molecule has 1 fully saturated rings. The average molecular weight is 331 g/mol. The summed E-state index contributed by atoms with van der Waals surface area (Å²) in [6.07, 6.45) is 3.98. The summed E-state index contributed by atoms with van der Waals surface area (Å²) in [4.78, 5) is 19.8. The Bertz CT molecular complexity index is 598. The van der Waals surface area contributed by atoms with Crippen molar-refractivity contribution >= 4 is 17.4 Å². The largest absolute Gasteiger partial charge is 0.376 e. The van der Waals surface area contributed by atoms with Gasteiger partial charge in [0.2, 0.25) is 0 Å². The molecule has 0 bridgehead atoms. The van der Waals surface area contributed by atoms with E-state index in [2.05, 4.69) is 16.4 Å². The van der Waals surface area contributed by atoms with E-state index in [-0.39, 0.29) is 12.1 Å². The van der Waals surface area contributed by atoms with Crippen LogP contribution in [0.3, 0.4) is 0 Å². The molecular weight excluding hydrogens is 310 g/mol. The molecule has 0 unspecified atom stereocenters. The van der Waals surface area contributed by atoms with Crippen molar-refractivity contribution in [2.24, 2.45) is 0 Å². The number of amides is 2. The van der Waals surface area contributed by atoms with E-state index in [1.807, 2.05) is 34.5 Å². The Morgan fingerprint density at radius 3 is 3.04 bits per heavy atom. The Morgan fingerprint density at radius 2 is 2.35 bits per heavy atom. The smallest absolute Gasteiger partial charge is 0.318 e. The van der Waals surface area contributed by atoms with E-state index >= 15 is 0 Å². The van der Waals surface area contributed by atoms with Gasteiger partial charge in [0.15, 0.2) is 0 Å². The van der Waals surface area contributed by atoms with Crippen LogP contribution in [0.2, 0.25) is 0 Å². The van der Waals surface area contributed by atoms with Crippen LogP contribution in [0.1, 0.15) is 23.4 Å². The Labute approximate surface area is 140 Å². The zero-order chi connectivity index (χ0) is 15.9. The second-order valence-electron chi connectivity index (χ2n) is 5.57. The SMILES string of the molecule is O=C(NCc1ccccn1)N(Cc1cccs1)C[C@@H]1CCCO1. The first-order valence-corrected chi connectivity index (χ1v) is 8.76. The number of nitrogens with zero attached hydrogens (tertiary/aromatic N) is 2. The minimum Gasteiger partial charge on any atom is -0.376 e. The van der Waals surface area contributed by atoms with Crippen LogP contribution in [-0.2, 0) is 17.8 Å². The molecule has 122 valence electrons. The van der Waals surface area contributed by atoms with Crippen LogP contribution in [0.4, 0.5) is 4.79 Å². The van der Waals surface area contributed by atoms with E-state index < -0.39 is 0 Å². The van der Waals surface area contributed by atoms with Gasteiger partial charge in [-0.1, -0.05) is 12.1 Å². The molecule has 1 aliphatic heterocycles. The molecule has 3 heterocycles. The fraction of sp³-hybridized carbons (Fsp3) is 0.412. The number of hydrogen-bond acceptors (Lipinski definition) is 4. The summed E-state index contributed by atoms with van der Waals surface area (Å²) in [5.74, 6) is 0. The predicted molar refractivity (Wildman–Crippen MR) is 90.2 cm³/mol. The number of hydrogen-bond donors (Lipinski definition) is 1. The molecule has 3 rings (SSSR count). The highest BCUT2D eigenvalue weighted by Gasteiger charge is 2.23. The van der Waals surface area contributed by atoms with Crippen molar-refractivity contribution in [3.63, 3.8) is 0 Å². The van der Waals surface area contributed by atoms with Crippen molar-refractivity contribution in [3.8, 4) is 0 Å². The van der Waals surface area contributed by atoms with E-state index in [4.69, 9.17) is 4.74 Å². The van der Waals surface area contributed by atoms with Crippen molar-refractivity contribution in [3.05, 3.63) is 52.5 Å². The number of carbonyl (C=O) groups excluding carboxylic acids is 1. The third-order valence-corrected chi connectivity index (χ3v) is 4.67. The number of nitrogens with one attached hydrogen (secondary N) is 1. The van der Waals surface area contributed by atoms with Gasteiger partial charge in [-0.15, -0.1) is 11.3 Å². The molecule has 2 amide bonds. The number of carbonyl (C=O) groups is 1. The molecule has 1 aliphatic rings. The van der Waals surface area contributed by atoms with E-state index in [1.54, 1.807) is 17.5 Å². The van der Waals surface area contributed by atoms with E-state index in [0.717, 1.165) is 25.1 Å². The molecule has 5 nitrogen and oxygen atoms in total. The summed E-state index contributed by atoms with van der Waals surface area (Å²) >= 11 is 1.67. The number of urea groups is 1. The first kappa shape index (κ1) is 16.0. The standard InChI is InChI=1S/C17H21N3O2S/c21-17(19-11-14-5-1-2-8-18-14)20(12-15-6-3-9-22-15)13-16-7-4-10-23-16/h1-2,4-5,7-8,10,15H,3,6,9,11-13H2,(H,19,21)/t15-/m0/s1. The molecule has 6 heteroatoms. The van der Waals surface area contributed by atoms with Crippen LogP contribution < -0.4 is 5.32 Å². The first-order chi connectivity index (χ1) is 11.3. The van der Waals surface area contributed by atoms with Gasteiger partial charge in [-0.05, 0) is 36.4 Å². The number of aromatic nitrogens is 1. The summed E-state index contributed by atoms with van der Waals surface area (Å²) in [6.45, 7) is 2.48. The molecule has 2 aromatic rings. The molecule has 0 spiro atoms. The van der Waals surface area contributed by atoms with Crippen LogP contribution >= 0.6 is 11.3 Å². The molecule has 2 aromatic heterocycles. The first-order valence-electron chi connectivity index (χ1n) is 7.88. The monoisotopic (exact) mass is 331 g/mol. The minimum atomic E-state index is -0.0699. The molecule has 23 heavy (non-hydrogen) atoms. The molecule has 0 aliphatic carbocycles.